The Hall–Kier alpha value is -0.530. The van der Waals surface area contributed by atoms with Crippen molar-refractivity contribution in [3.8, 4) is 12.3 Å². The zero-order valence-corrected chi connectivity index (χ0v) is 7.61. The minimum Gasteiger partial charge on any atom is -0.303 e. The molecule has 4 heteroatoms. The molecule has 0 aromatic rings. The Kier molecular flexibility index (Phi) is 4.16. The maximum Gasteiger partial charge on any atom is 0.148 e. The molecule has 0 spiro atoms. The van der Waals surface area contributed by atoms with Gasteiger partial charge in [-0.05, 0) is 6.92 Å². The first-order chi connectivity index (χ1) is 4.95. The van der Waals surface area contributed by atoms with Crippen molar-refractivity contribution in [2.75, 3.05) is 18.6 Å². The molecule has 11 heavy (non-hydrogen) atoms. The van der Waals surface area contributed by atoms with E-state index in [2.05, 4.69) is 11.2 Å². The highest BCUT2D eigenvalue weighted by Crippen LogP contribution is 1.88. The summed E-state index contributed by atoms with van der Waals surface area (Å²) in [5.41, 5.74) is 0. The van der Waals surface area contributed by atoms with Crippen LogP contribution < -0.4 is 5.32 Å². The second-order valence-electron chi connectivity index (χ2n) is 2.58. The maximum atomic E-state index is 10.7. The van der Waals surface area contributed by atoms with Crippen LogP contribution in [0.15, 0.2) is 0 Å². The molecule has 1 unspecified atom stereocenters. The molecular formula is C7H13NO2S. The van der Waals surface area contributed by atoms with Gasteiger partial charge < -0.3 is 5.32 Å². The van der Waals surface area contributed by atoms with Gasteiger partial charge in [0, 0.05) is 12.3 Å². The van der Waals surface area contributed by atoms with Crippen molar-refractivity contribution in [2.24, 2.45) is 0 Å². The van der Waals surface area contributed by atoms with Crippen molar-refractivity contribution in [1.29, 1.82) is 0 Å². The second kappa shape index (κ2) is 4.37. The Morgan fingerprint density at radius 2 is 2.18 bits per heavy atom. The van der Waals surface area contributed by atoms with Crippen molar-refractivity contribution in [2.45, 2.75) is 13.0 Å². The normalized spacial score (nSPS) is 13.9. The van der Waals surface area contributed by atoms with Gasteiger partial charge in [-0.1, -0.05) is 5.92 Å². The van der Waals surface area contributed by atoms with E-state index >= 15 is 0 Å². The summed E-state index contributed by atoms with van der Waals surface area (Å²) in [5, 5.41) is 2.87. The molecule has 3 nitrogen and oxygen atoms in total. The summed E-state index contributed by atoms with van der Waals surface area (Å²) < 4.78 is 21.4. The SMILES string of the molecule is C#CCNC(C)CS(C)(=O)=O. The van der Waals surface area contributed by atoms with Gasteiger partial charge in [0.25, 0.3) is 0 Å². The smallest absolute Gasteiger partial charge is 0.148 e. The predicted molar refractivity (Wildman–Crippen MR) is 46.0 cm³/mol. The molecule has 0 saturated heterocycles. The van der Waals surface area contributed by atoms with Gasteiger partial charge in [0.05, 0.1) is 12.3 Å². The molecule has 0 fully saturated rings. The predicted octanol–water partition coefficient (Wildman–Crippen LogP) is -0.358. The van der Waals surface area contributed by atoms with E-state index in [0.717, 1.165) is 0 Å². The van der Waals surface area contributed by atoms with Crippen LogP contribution in [-0.2, 0) is 9.84 Å². The van der Waals surface area contributed by atoms with E-state index in [9.17, 15) is 8.42 Å². The molecule has 0 aliphatic carbocycles. The molecule has 0 rings (SSSR count). The van der Waals surface area contributed by atoms with Gasteiger partial charge in [0.1, 0.15) is 9.84 Å². The maximum absolute atomic E-state index is 10.7. The Morgan fingerprint density at radius 1 is 1.64 bits per heavy atom. The molecule has 0 bridgehead atoms. The lowest BCUT2D eigenvalue weighted by atomic mass is 10.4. The van der Waals surface area contributed by atoms with E-state index in [0.29, 0.717) is 6.54 Å². The molecule has 0 radical (unpaired) electrons. The number of terminal acetylenes is 1. The quantitative estimate of drug-likeness (QED) is 0.594. The van der Waals surface area contributed by atoms with Gasteiger partial charge in [-0.25, -0.2) is 8.42 Å². The molecule has 0 saturated carbocycles. The lowest BCUT2D eigenvalue weighted by molar-refractivity contribution is 0.578. The summed E-state index contributed by atoms with van der Waals surface area (Å²) in [4.78, 5) is 0. The molecule has 0 aromatic carbocycles. The monoisotopic (exact) mass is 175 g/mol. The van der Waals surface area contributed by atoms with Gasteiger partial charge in [-0.3, -0.25) is 0 Å². The van der Waals surface area contributed by atoms with E-state index in [-0.39, 0.29) is 11.8 Å². The number of nitrogens with one attached hydrogen (secondary N) is 1. The molecule has 0 aliphatic heterocycles. The average Bonchev–Trinajstić information content (AvgIpc) is 1.79. The standard InChI is InChI=1S/C7H13NO2S/c1-4-5-8-7(2)6-11(3,9)10/h1,7-8H,5-6H2,2-3H3. The Bertz CT molecular complexity index is 238. The number of sulfone groups is 1. The molecular weight excluding hydrogens is 162 g/mol. The first-order valence-electron chi connectivity index (χ1n) is 3.30. The summed E-state index contributed by atoms with van der Waals surface area (Å²) in [7, 11) is -2.88. The fraction of sp³-hybridized carbons (Fsp3) is 0.714. The third kappa shape index (κ3) is 7.37. The molecule has 0 heterocycles. The van der Waals surface area contributed by atoms with Gasteiger partial charge in [-0.15, -0.1) is 6.42 Å². The summed E-state index contributed by atoms with van der Waals surface area (Å²) >= 11 is 0. The third-order valence-electron chi connectivity index (χ3n) is 1.11. The van der Waals surface area contributed by atoms with Gasteiger partial charge in [0.2, 0.25) is 0 Å². The number of hydrogen-bond acceptors (Lipinski definition) is 3. The summed E-state index contributed by atoms with van der Waals surface area (Å²) in [5.74, 6) is 2.51. The topological polar surface area (TPSA) is 46.2 Å². The number of rotatable bonds is 4. The van der Waals surface area contributed by atoms with Crippen molar-refractivity contribution in [3.05, 3.63) is 0 Å². The van der Waals surface area contributed by atoms with Gasteiger partial charge in [0.15, 0.2) is 0 Å². The Morgan fingerprint density at radius 3 is 2.55 bits per heavy atom. The highest BCUT2D eigenvalue weighted by molar-refractivity contribution is 7.90. The minimum absolute atomic E-state index is 0.0685. The van der Waals surface area contributed by atoms with E-state index in [1.165, 1.54) is 6.26 Å². The van der Waals surface area contributed by atoms with Gasteiger partial charge in [-0.2, -0.15) is 0 Å². The van der Waals surface area contributed by atoms with Crippen LogP contribution in [0, 0.1) is 12.3 Å². The van der Waals surface area contributed by atoms with Crippen LogP contribution in [0.25, 0.3) is 0 Å². The van der Waals surface area contributed by atoms with Crippen molar-refractivity contribution in [3.63, 3.8) is 0 Å². The van der Waals surface area contributed by atoms with E-state index < -0.39 is 9.84 Å². The van der Waals surface area contributed by atoms with Crippen molar-refractivity contribution in [1.82, 2.24) is 5.32 Å². The fourth-order valence-corrected chi connectivity index (χ4v) is 1.77. The molecule has 1 N–H and O–H groups in total. The lowest BCUT2D eigenvalue weighted by Crippen LogP contribution is -2.32. The first-order valence-corrected chi connectivity index (χ1v) is 5.36. The highest BCUT2D eigenvalue weighted by Gasteiger charge is 2.08. The van der Waals surface area contributed by atoms with Crippen LogP contribution in [0.3, 0.4) is 0 Å². The van der Waals surface area contributed by atoms with Crippen LogP contribution in [0.1, 0.15) is 6.92 Å². The molecule has 0 amide bonds. The van der Waals surface area contributed by atoms with Crippen molar-refractivity contribution >= 4 is 9.84 Å². The van der Waals surface area contributed by atoms with E-state index in [4.69, 9.17) is 6.42 Å². The molecule has 1 atom stereocenters. The summed E-state index contributed by atoms with van der Waals surface area (Å²) in [6, 6.07) is -0.0685. The fourth-order valence-electron chi connectivity index (χ4n) is 0.746. The van der Waals surface area contributed by atoms with Gasteiger partial charge >= 0.3 is 0 Å². The average molecular weight is 175 g/mol. The van der Waals surface area contributed by atoms with E-state index in [1.54, 1.807) is 6.92 Å². The largest absolute Gasteiger partial charge is 0.303 e. The van der Waals surface area contributed by atoms with Crippen LogP contribution in [-0.4, -0.2) is 33.0 Å². The lowest BCUT2D eigenvalue weighted by Gasteiger charge is -2.08. The number of hydrogen-bond donors (Lipinski definition) is 1. The summed E-state index contributed by atoms with van der Waals surface area (Å²) in [6.45, 7) is 2.20. The minimum atomic E-state index is -2.88. The molecule has 0 aromatic heterocycles. The third-order valence-corrected chi connectivity index (χ3v) is 2.21. The Balaban J connectivity index is 3.72. The molecule has 0 aliphatic rings. The van der Waals surface area contributed by atoms with Crippen molar-refractivity contribution < 1.29 is 8.42 Å². The van der Waals surface area contributed by atoms with Crippen LogP contribution in [0.2, 0.25) is 0 Å². The Labute approximate surface area is 68.1 Å². The van der Waals surface area contributed by atoms with Crippen LogP contribution in [0.4, 0.5) is 0 Å². The van der Waals surface area contributed by atoms with E-state index in [1.807, 2.05) is 0 Å². The molecule has 64 valence electrons. The zero-order chi connectivity index (χ0) is 8.91. The summed E-state index contributed by atoms with van der Waals surface area (Å²) in [6.07, 6.45) is 6.19. The zero-order valence-electron chi connectivity index (χ0n) is 6.79. The first kappa shape index (κ1) is 10.5. The highest BCUT2D eigenvalue weighted by atomic mass is 32.2. The van der Waals surface area contributed by atoms with Crippen LogP contribution in [0.5, 0.6) is 0 Å². The van der Waals surface area contributed by atoms with Crippen LogP contribution >= 0.6 is 0 Å². The second-order valence-corrected chi connectivity index (χ2v) is 4.76.